The number of benzene rings is 6. The molecule has 6 heteroatoms. The topological polar surface area (TPSA) is 98.1 Å². The molecule has 0 amide bonds. The Morgan fingerprint density at radius 2 is 1.04 bits per heavy atom. The van der Waals surface area contributed by atoms with E-state index in [0.29, 0.717) is 40.9 Å². The van der Waals surface area contributed by atoms with Gasteiger partial charge in [-0.2, -0.15) is 10.5 Å². The number of amidine groups is 1. The molecule has 6 aromatic carbocycles. The first-order valence-corrected chi connectivity index (χ1v) is 18.2. The molecule has 0 spiro atoms. The molecule has 0 aliphatic heterocycles. The highest BCUT2D eigenvalue weighted by atomic mass is 14.9. The van der Waals surface area contributed by atoms with Crippen molar-refractivity contribution in [3.05, 3.63) is 203 Å². The van der Waals surface area contributed by atoms with E-state index in [1.807, 2.05) is 121 Å². The number of nitriles is 2. The maximum absolute atomic E-state index is 10.4. The highest BCUT2D eigenvalue weighted by Gasteiger charge is 2.24. The fourth-order valence-corrected chi connectivity index (χ4v) is 6.52. The zero-order chi connectivity index (χ0) is 38.0. The van der Waals surface area contributed by atoms with Crippen molar-refractivity contribution in [2.24, 2.45) is 9.98 Å². The number of aliphatic imine (C=N–C) groups is 2. The van der Waals surface area contributed by atoms with E-state index in [0.717, 1.165) is 44.5 Å². The van der Waals surface area contributed by atoms with Crippen molar-refractivity contribution in [2.75, 3.05) is 0 Å². The van der Waals surface area contributed by atoms with Gasteiger partial charge in [0.2, 0.25) is 0 Å². The van der Waals surface area contributed by atoms with Crippen molar-refractivity contribution >= 4 is 11.5 Å². The Balaban J connectivity index is 1.17. The Morgan fingerprint density at radius 1 is 0.564 bits per heavy atom. The lowest BCUT2D eigenvalue weighted by atomic mass is 9.77. The summed E-state index contributed by atoms with van der Waals surface area (Å²) >= 11 is 0. The van der Waals surface area contributed by atoms with Crippen molar-refractivity contribution in [3.8, 4) is 46.0 Å². The lowest BCUT2D eigenvalue weighted by molar-refractivity contribution is 0.640. The van der Waals surface area contributed by atoms with Crippen LogP contribution in [0, 0.1) is 22.7 Å². The van der Waals surface area contributed by atoms with Crippen LogP contribution in [0.3, 0.4) is 0 Å². The van der Waals surface area contributed by atoms with Crippen molar-refractivity contribution in [3.63, 3.8) is 0 Å². The van der Waals surface area contributed by atoms with Crippen LogP contribution in [0.15, 0.2) is 180 Å². The highest BCUT2D eigenvalue weighted by molar-refractivity contribution is 6.13. The fourth-order valence-electron chi connectivity index (χ4n) is 6.52. The van der Waals surface area contributed by atoms with Gasteiger partial charge in [-0.3, -0.25) is 4.99 Å². The summed E-state index contributed by atoms with van der Waals surface area (Å²) in [6.07, 6.45) is 0.183. The minimum Gasteiger partial charge on any atom is -0.261 e. The molecule has 1 aromatic heterocycles. The van der Waals surface area contributed by atoms with Crippen molar-refractivity contribution in [2.45, 2.75) is 32.2 Å². The molecular weight excluding hydrogens is 673 g/mol. The molecule has 0 atom stereocenters. The maximum atomic E-state index is 10.4. The number of aromatic nitrogens is 2. The molecular formula is C49H38N6. The van der Waals surface area contributed by atoms with E-state index in [1.165, 1.54) is 0 Å². The molecule has 0 N–H and O–H groups in total. The van der Waals surface area contributed by atoms with E-state index in [9.17, 15) is 10.5 Å². The minimum atomic E-state index is -0.310. The Morgan fingerprint density at radius 3 is 1.56 bits per heavy atom. The quantitative estimate of drug-likeness (QED) is 0.104. The Bertz CT molecular complexity index is 2530. The van der Waals surface area contributed by atoms with Gasteiger partial charge in [0.15, 0.2) is 11.7 Å². The standard InChI is InChI=1S/C49H38N6/c1-49(2,41-27-23-35(24-28-41)34-52-47(39-19-11-5-12-20-39)53-44(31-32-50)36-15-7-3-8-16-36)42-29-25-38(26-30-42)46-43(33-51)45(37-17-9-4-10-18-37)54-48(55-46)40-21-13-6-14-22-40/h3-30H,31,34H2,1-2H3/b52-47-,53-44+. The van der Waals surface area contributed by atoms with Crippen LogP contribution >= 0.6 is 0 Å². The first-order valence-electron chi connectivity index (χ1n) is 18.2. The van der Waals surface area contributed by atoms with Gasteiger partial charge >= 0.3 is 0 Å². The Kier molecular flexibility index (Phi) is 10.9. The third-order valence-corrected chi connectivity index (χ3v) is 9.69. The van der Waals surface area contributed by atoms with Crippen molar-refractivity contribution in [1.29, 1.82) is 10.5 Å². The Hall–Kier alpha value is -7.28. The molecule has 0 fully saturated rings. The maximum Gasteiger partial charge on any atom is 0.160 e. The molecule has 7 rings (SSSR count). The SMILES string of the molecule is CC(C)(c1ccc(C/N=C(\N=C(/CC#N)c2ccccc2)c2ccccc2)cc1)c1ccc(-c2nc(-c3ccccc3)nc(-c3ccccc3)c2C#N)cc1. The lowest BCUT2D eigenvalue weighted by Gasteiger charge is -2.26. The van der Waals surface area contributed by atoms with Gasteiger partial charge in [0.25, 0.3) is 0 Å². The second kappa shape index (κ2) is 16.6. The first kappa shape index (κ1) is 36.1. The Labute approximate surface area is 322 Å². The summed E-state index contributed by atoms with van der Waals surface area (Å²) in [6, 6.07) is 60.9. The molecule has 7 aromatic rings. The van der Waals surface area contributed by atoms with Crippen LogP contribution in [-0.2, 0) is 12.0 Å². The predicted molar refractivity (Wildman–Crippen MR) is 222 cm³/mol. The summed E-state index contributed by atoms with van der Waals surface area (Å²) in [6.45, 7) is 4.86. The monoisotopic (exact) mass is 710 g/mol. The number of nitrogens with zero attached hydrogens (tertiary/aromatic N) is 6. The van der Waals surface area contributed by atoms with Crippen LogP contribution in [0.4, 0.5) is 0 Å². The third kappa shape index (κ3) is 8.20. The molecule has 55 heavy (non-hydrogen) atoms. The fraction of sp³-hybridized carbons (Fsp3) is 0.102. The molecule has 264 valence electrons. The van der Waals surface area contributed by atoms with Gasteiger partial charge in [0, 0.05) is 27.7 Å². The van der Waals surface area contributed by atoms with Gasteiger partial charge in [0.05, 0.1) is 36.1 Å². The molecule has 0 bridgehead atoms. The van der Waals surface area contributed by atoms with E-state index < -0.39 is 0 Å². The summed E-state index contributed by atoms with van der Waals surface area (Å²) in [5.74, 6) is 1.16. The van der Waals surface area contributed by atoms with E-state index in [4.69, 9.17) is 20.0 Å². The molecule has 6 nitrogen and oxygen atoms in total. The largest absolute Gasteiger partial charge is 0.261 e. The summed E-state index contributed by atoms with van der Waals surface area (Å²) in [5.41, 5.74) is 9.79. The first-order chi connectivity index (χ1) is 26.9. The van der Waals surface area contributed by atoms with Gasteiger partial charge in [-0.25, -0.2) is 15.0 Å². The van der Waals surface area contributed by atoms with Gasteiger partial charge in [-0.05, 0) is 22.3 Å². The average Bonchev–Trinajstić information content (AvgIpc) is 3.25. The number of hydrogen-bond acceptors (Lipinski definition) is 5. The predicted octanol–water partition coefficient (Wildman–Crippen LogP) is 11.0. The van der Waals surface area contributed by atoms with E-state index in [2.05, 4.69) is 74.5 Å². The second-order valence-electron chi connectivity index (χ2n) is 13.6. The third-order valence-electron chi connectivity index (χ3n) is 9.69. The molecule has 0 unspecified atom stereocenters. The molecule has 0 radical (unpaired) electrons. The summed E-state index contributed by atoms with van der Waals surface area (Å²) in [7, 11) is 0. The zero-order valence-electron chi connectivity index (χ0n) is 30.8. The summed E-state index contributed by atoms with van der Waals surface area (Å²) in [5, 5.41) is 20.0. The van der Waals surface area contributed by atoms with Crippen molar-refractivity contribution < 1.29 is 0 Å². The van der Waals surface area contributed by atoms with Gasteiger partial charge < -0.3 is 0 Å². The number of rotatable bonds is 10. The number of hydrogen-bond donors (Lipinski definition) is 0. The van der Waals surface area contributed by atoms with Crippen LogP contribution in [0.25, 0.3) is 33.9 Å². The van der Waals surface area contributed by atoms with Crippen molar-refractivity contribution in [1.82, 2.24) is 9.97 Å². The van der Waals surface area contributed by atoms with Crippen LogP contribution in [0.1, 0.15) is 53.6 Å². The summed E-state index contributed by atoms with van der Waals surface area (Å²) in [4.78, 5) is 19.7. The van der Waals surface area contributed by atoms with Crippen LogP contribution in [-0.4, -0.2) is 21.5 Å². The average molecular weight is 711 g/mol. The van der Waals surface area contributed by atoms with Crippen LogP contribution in [0.5, 0.6) is 0 Å². The van der Waals surface area contributed by atoms with E-state index in [1.54, 1.807) is 0 Å². The van der Waals surface area contributed by atoms with Gasteiger partial charge in [0.1, 0.15) is 11.6 Å². The smallest absolute Gasteiger partial charge is 0.160 e. The molecule has 1 heterocycles. The molecule has 0 saturated heterocycles. The lowest BCUT2D eigenvalue weighted by Crippen LogP contribution is -2.18. The van der Waals surface area contributed by atoms with E-state index in [-0.39, 0.29) is 11.8 Å². The molecule has 0 saturated carbocycles. The van der Waals surface area contributed by atoms with Crippen LogP contribution in [0.2, 0.25) is 0 Å². The summed E-state index contributed by atoms with van der Waals surface area (Å²) < 4.78 is 0. The van der Waals surface area contributed by atoms with Crippen LogP contribution < -0.4 is 0 Å². The zero-order valence-corrected chi connectivity index (χ0v) is 30.8. The second-order valence-corrected chi connectivity index (χ2v) is 13.6. The van der Waals surface area contributed by atoms with Gasteiger partial charge in [-0.15, -0.1) is 0 Å². The van der Waals surface area contributed by atoms with Gasteiger partial charge in [-0.1, -0.05) is 184 Å². The molecule has 0 aliphatic rings. The van der Waals surface area contributed by atoms with E-state index >= 15 is 0 Å². The molecule has 0 aliphatic carbocycles. The normalized spacial score (nSPS) is 11.8. The highest BCUT2D eigenvalue weighted by Crippen LogP contribution is 2.36. The minimum absolute atomic E-state index is 0.183.